The van der Waals surface area contributed by atoms with Crippen molar-refractivity contribution in [2.75, 3.05) is 26.0 Å². The fourth-order valence-corrected chi connectivity index (χ4v) is 2.79. The lowest BCUT2D eigenvalue weighted by molar-refractivity contribution is -0.127. The smallest absolute Gasteiger partial charge is 0.246 e. The summed E-state index contributed by atoms with van der Waals surface area (Å²) in [6.07, 6.45) is 1.80. The van der Waals surface area contributed by atoms with E-state index < -0.39 is 10.0 Å². The van der Waals surface area contributed by atoms with Gasteiger partial charge in [-0.25, -0.2) is 8.42 Å². The Morgan fingerprint density at radius 3 is 2.26 bits per heavy atom. The van der Waals surface area contributed by atoms with Crippen LogP contribution in [0.3, 0.4) is 0 Å². The predicted octanol–water partition coefficient (Wildman–Crippen LogP) is 0.588. The Balaban J connectivity index is 3.93. The molecule has 19 heavy (non-hydrogen) atoms. The molecule has 1 amide bonds. The molecule has 0 fully saturated rings. The summed E-state index contributed by atoms with van der Waals surface area (Å²) < 4.78 is 29.6. The van der Waals surface area contributed by atoms with Gasteiger partial charge in [0.1, 0.15) is 6.61 Å². The molecule has 0 aromatic carbocycles. The van der Waals surface area contributed by atoms with Crippen molar-refractivity contribution in [1.29, 1.82) is 0 Å². The van der Waals surface area contributed by atoms with Crippen LogP contribution in [-0.2, 0) is 19.6 Å². The number of nitrogens with zero attached hydrogens (tertiary/aromatic N) is 1. The van der Waals surface area contributed by atoms with Crippen molar-refractivity contribution in [2.45, 2.75) is 46.3 Å². The minimum Gasteiger partial charge on any atom is -0.369 e. The summed E-state index contributed by atoms with van der Waals surface area (Å²) in [6, 6.07) is -0.0741. The summed E-state index contributed by atoms with van der Waals surface area (Å²) in [6.45, 7) is 8.27. The van der Waals surface area contributed by atoms with Crippen LogP contribution >= 0.6 is 0 Å². The van der Waals surface area contributed by atoms with Crippen LogP contribution in [0.2, 0.25) is 0 Å². The first-order chi connectivity index (χ1) is 8.64. The first kappa shape index (κ1) is 18.3. The van der Waals surface area contributed by atoms with Gasteiger partial charge in [0.05, 0.1) is 12.4 Å². The zero-order valence-electron chi connectivity index (χ0n) is 12.5. The first-order valence-electron chi connectivity index (χ1n) is 6.49. The van der Waals surface area contributed by atoms with Crippen molar-refractivity contribution >= 4 is 15.9 Å². The van der Waals surface area contributed by atoms with Gasteiger partial charge in [-0.3, -0.25) is 4.79 Å². The molecular formula is C12H26N2O4S. The Hall–Kier alpha value is -0.660. The molecule has 0 aromatic heterocycles. The molecule has 0 aliphatic rings. The Morgan fingerprint density at radius 2 is 1.84 bits per heavy atom. The summed E-state index contributed by atoms with van der Waals surface area (Å²) in [5, 5.41) is 2.70. The van der Waals surface area contributed by atoms with Gasteiger partial charge in [-0.15, -0.1) is 0 Å². The topological polar surface area (TPSA) is 75.7 Å². The number of ether oxygens (including phenoxy) is 1. The van der Waals surface area contributed by atoms with Gasteiger partial charge in [-0.05, 0) is 34.1 Å². The summed E-state index contributed by atoms with van der Waals surface area (Å²) >= 11 is 0. The third-order valence-corrected chi connectivity index (χ3v) is 3.88. The van der Waals surface area contributed by atoms with Gasteiger partial charge in [0, 0.05) is 19.1 Å². The summed E-state index contributed by atoms with van der Waals surface area (Å²) in [7, 11) is -3.19. The van der Waals surface area contributed by atoms with Crippen molar-refractivity contribution in [3.63, 3.8) is 0 Å². The molecule has 0 aliphatic carbocycles. The van der Waals surface area contributed by atoms with Gasteiger partial charge in [0.25, 0.3) is 0 Å². The lowest BCUT2D eigenvalue weighted by Gasteiger charge is -2.23. The summed E-state index contributed by atoms with van der Waals surface area (Å²) in [5.41, 5.74) is 0. The molecule has 0 atom stereocenters. The Morgan fingerprint density at radius 1 is 1.26 bits per heavy atom. The number of carbonyl (C=O) groups is 1. The summed E-state index contributed by atoms with van der Waals surface area (Å²) in [4.78, 5) is 11.4. The molecule has 0 saturated heterocycles. The number of hydrogen-bond donors (Lipinski definition) is 1. The van der Waals surface area contributed by atoms with E-state index in [2.05, 4.69) is 5.32 Å². The minimum absolute atomic E-state index is 0.0208. The lowest BCUT2D eigenvalue weighted by atomic mass is 10.3. The number of amides is 1. The second kappa shape index (κ2) is 8.50. The van der Waals surface area contributed by atoms with Crippen molar-refractivity contribution in [3.05, 3.63) is 0 Å². The van der Waals surface area contributed by atoms with Crippen LogP contribution < -0.4 is 5.32 Å². The molecule has 0 spiro atoms. The molecule has 6 nitrogen and oxygen atoms in total. The molecule has 0 aliphatic heterocycles. The number of hydrogen-bond acceptors (Lipinski definition) is 4. The van der Waals surface area contributed by atoms with E-state index >= 15 is 0 Å². The molecule has 114 valence electrons. The van der Waals surface area contributed by atoms with E-state index in [-0.39, 0.29) is 24.7 Å². The van der Waals surface area contributed by atoms with Gasteiger partial charge in [-0.2, -0.15) is 4.31 Å². The number of rotatable bonds is 9. The second-order valence-corrected chi connectivity index (χ2v) is 6.97. The predicted molar refractivity (Wildman–Crippen MR) is 75.4 cm³/mol. The standard InChI is InChI=1S/C12H26N2O4S/c1-10(2)14(19(5,16)17)8-6-7-13-12(15)9-18-11(3)4/h10-11H,6-9H2,1-5H3,(H,13,15). The Kier molecular flexibility index (Phi) is 8.20. The first-order valence-corrected chi connectivity index (χ1v) is 8.34. The molecule has 0 saturated carbocycles. The average Bonchev–Trinajstić information content (AvgIpc) is 2.23. The van der Waals surface area contributed by atoms with E-state index in [4.69, 9.17) is 4.74 Å². The highest BCUT2D eigenvalue weighted by Gasteiger charge is 2.19. The molecule has 0 unspecified atom stereocenters. The zero-order valence-corrected chi connectivity index (χ0v) is 13.3. The van der Waals surface area contributed by atoms with E-state index in [0.717, 1.165) is 0 Å². The average molecular weight is 294 g/mol. The highest BCUT2D eigenvalue weighted by molar-refractivity contribution is 7.88. The molecule has 0 radical (unpaired) electrons. The fraction of sp³-hybridized carbons (Fsp3) is 0.917. The third kappa shape index (κ3) is 8.96. The maximum absolute atomic E-state index is 11.5. The second-order valence-electron chi connectivity index (χ2n) is 5.03. The largest absolute Gasteiger partial charge is 0.369 e. The van der Waals surface area contributed by atoms with E-state index in [0.29, 0.717) is 19.5 Å². The van der Waals surface area contributed by atoms with Crippen LogP contribution in [-0.4, -0.2) is 56.7 Å². The van der Waals surface area contributed by atoms with E-state index in [1.165, 1.54) is 10.6 Å². The molecule has 0 aromatic rings. The van der Waals surface area contributed by atoms with Crippen LogP contribution in [0.15, 0.2) is 0 Å². The zero-order chi connectivity index (χ0) is 15.1. The van der Waals surface area contributed by atoms with Gasteiger partial charge < -0.3 is 10.1 Å². The Labute approximate surface area is 116 Å². The molecule has 7 heteroatoms. The highest BCUT2D eigenvalue weighted by Crippen LogP contribution is 2.05. The van der Waals surface area contributed by atoms with E-state index in [1.807, 2.05) is 27.7 Å². The minimum atomic E-state index is -3.19. The maximum Gasteiger partial charge on any atom is 0.246 e. The molecule has 1 N–H and O–H groups in total. The van der Waals surface area contributed by atoms with Crippen LogP contribution in [0.4, 0.5) is 0 Å². The SMILES string of the molecule is CC(C)OCC(=O)NCCCN(C(C)C)S(C)(=O)=O. The van der Waals surface area contributed by atoms with Crippen LogP contribution in [0, 0.1) is 0 Å². The highest BCUT2D eigenvalue weighted by atomic mass is 32.2. The van der Waals surface area contributed by atoms with Gasteiger partial charge in [-0.1, -0.05) is 0 Å². The van der Waals surface area contributed by atoms with Crippen molar-refractivity contribution < 1.29 is 17.9 Å². The van der Waals surface area contributed by atoms with Crippen LogP contribution in [0.1, 0.15) is 34.1 Å². The van der Waals surface area contributed by atoms with Crippen LogP contribution in [0.5, 0.6) is 0 Å². The van der Waals surface area contributed by atoms with Crippen molar-refractivity contribution in [2.24, 2.45) is 0 Å². The third-order valence-electron chi connectivity index (χ3n) is 2.43. The monoisotopic (exact) mass is 294 g/mol. The molecule has 0 bridgehead atoms. The number of nitrogens with one attached hydrogen (secondary N) is 1. The van der Waals surface area contributed by atoms with Gasteiger partial charge in [0.15, 0.2) is 0 Å². The van der Waals surface area contributed by atoms with Crippen molar-refractivity contribution in [3.8, 4) is 0 Å². The summed E-state index contributed by atoms with van der Waals surface area (Å²) in [5.74, 6) is -0.177. The van der Waals surface area contributed by atoms with E-state index in [9.17, 15) is 13.2 Å². The number of sulfonamides is 1. The van der Waals surface area contributed by atoms with Crippen LogP contribution in [0.25, 0.3) is 0 Å². The lowest BCUT2D eigenvalue weighted by Crippen LogP contribution is -2.38. The maximum atomic E-state index is 11.5. The fourth-order valence-electron chi connectivity index (χ4n) is 1.56. The molecular weight excluding hydrogens is 268 g/mol. The van der Waals surface area contributed by atoms with Gasteiger partial charge in [0.2, 0.25) is 15.9 Å². The van der Waals surface area contributed by atoms with Gasteiger partial charge >= 0.3 is 0 Å². The molecule has 0 rings (SSSR count). The normalized spacial score (nSPS) is 12.4. The number of carbonyl (C=O) groups excluding carboxylic acids is 1. The van der Waals surface area contributed by atoms with Crippen molar-refractivity contribution in [1.82, 2.24) is 9.62 Å². The molecule has 0 heterocycles. The van der Waals surface area contributed by atoms with E-state index in [1.54, 1.807) is 0 Å². The quantitative estimate of drug-likeness (QED) is 0.631. The Bertz CT molecular complexity index is 366.